The Hall–Kier alpha value is -3.60. The number of hydrogen-bond donors (Lipinski definition) is 1. The summed E-state index contributed by atoms with van der Waals surface area (Å²) in [5.41, 5.74) is 4.80. The van der Waals surface area contributed by atoms with Crippen LogP contribution in [-0.2, 0) is 20.7 Å². The van der Waals surface area contributed by atoms with Crippen LogP contribution in [0.4, 0.5) is 0 Å². The number of benzene rings is 3. The summed E-state index contributed by atoms with van der Waals surface area (Å²) in [6, 6.07) is 22.4. The fourth-order valence-corrected chi connectivity index (χ4v) is 4.12. The molecular formula is C25H23NO4. The number of rotatable bonds is 6. The molecule has 5 heteroatoms. The number of methoxy groups -OCH3 is 2. The molecule has 1 amide bonds. The zero-order valence-electron chi connectivity index (χ0n) is 16.9. The lowest BCUT2D eigenvalue weighted by Gasteiger charge is -2.21. The van der Waals surface area contributed by atoms with Gasteiger partial charge in [0.15, 0.2) is 0 Å². The first-order chi connectivity index (χ1) is 14.6. The summed E-state index contributed by atoms with van der Waals surface area (Å²) in [5.74, 6) is -0.522. The van der Waals surface area contributed by atoms with Gasteiger partial charge in [0.25, 0.3) is 0 Å². The second kappa shape index (κ2) is 8.41. The third-order valence-electron chi connectivity index (χ3n) is 5.51. The number of para-hydroxylation sites is 1. The van der Waals surface area contributed by atoms with Gasteiger partial charge in [0, 0.05) is 6.42 Å². The average molecular weight is 401 g/mol. The minimum atomic E-state index is -0.821. The predicted octanol–water partition coefficient (Wildman–Crippen LogP) is 3.71. The first-order valence-electron chi connectivity index (χ1n) is 9.82. The molecule has 0 radical (unpaired) electrons. The highest BCUT2D eigenvalue weighted by molar-refractivity contribution is 5.97. The van der Waals surface area contributed by atoms with Gasteiger partial charge in [-0.1, -0.05) is 66.7 Å². The zero-order valence-corrected chi connectivity index (χ0v) is 16.9. The number of esters is 1. The topological polar surface area (TPSA) is 64.6 Å². The monoisotopic (exact) mass is 401 g/mol. The third-order valence-corrected chi connectivity index (χ3v) is 5.51. The molecule has 0 aromatic heterocycles. The maximum Gasteiger partial charge on any atom is 0.328 e. The molecule has 0 fully saturated rings. The first-order valence-corrected chi connectivity index (χ1v) is 9.82. The lowest BCUT2D eigenvalue weighted by Crippen LogP contribution is -2.45. The summed E-state index contributed by atoms with van der Waals surface area (Å²) in [5, 5.41) is 2.92. The van der Waals surface area contributed by atoms with Crippen LogP contribution in [0.2, 0.25) is 0 Å². The van der Waals surface area contributed by atoms with Crippen LogP contribution in [0.5, 0.6) is 5.75 Å². The first kappa shape index (κ1) is 19.7. The minimum absolute atomic E-state index is 0.224. The van der Waals surface area contributed by atoms with E-state index in [4.69, 9.17) is 9.47 Å². The summed E-state index contributed by atoms with van der Waals surface area (Å²) in [7, 11) is 2.90. The van der Waals surface area contributed by atoms with Gasteiger partial charge in [-0.3, -0.25) is 4.79 Å². The largest absolute Gasteiger partial charge is 0.496 e. The van der Waals surface area contributed by atoms with Crippen LogP contribution in [0.3, 0.4) is 0 Å². The maximum atomic E-state index is 13.4. The second-order valence-corrected chi connectivity index (χ2v) is 7.21. The SMILES string of the molecule is COC(=O)[C@H](Cc1ccccc1OC)NC(=O)C1c2ccccc2-c2ccccc21. The molecule has 30 heavy (non-hydrogen) atoms. The number of ether oxygens (including phenoxy) is 2. The van der Waals surface area contributed by atoms with Gasteiger partial charge in [-0.25, -0.2) is 4.79 Å². The summed E-state index contributed by atoms with van der Waals surface area (Å²) in [4.78, 5) is 25.9. The number of nitrogens with one attached hydrogen (secondary N) is 1. The Balaban J connectivity index is 1.64. The Morgan fingerprint density at radius 2 is 1.43 bits per heavy atom. The van der Waals surface area contributed by atoms with E-state index in [9.17, 15) is 9.59 Å². The normalized spacial score (nSPS) is 13.1. The zero-order chi connectivity index (χ0) is 21.1. The van der Waals surface area contributed by atoms with E-state index in [2.05, 4.69) is 5.32 Å². The standard InChI is InChI=1S/C25H23NO4/c1-29-22-14-8-3-9-16(22)15-21(25(28)30-2)26-24(27)23-19-12-6-4-10-17(19)18-11-5-7-13-20(18)23/h3-14,21,23H,15H2,1-2H3,(H,26,27)/t21-/m0/s1. The second-order valence-electron chi connectivity index (χ2n) is 7.21. The van der Waals surface area contributed by atoms with Crippen LogP contribution >= 0.6 is 0 Å². The quantitative estimate of drug-likeness (QED) is 0.640. The molecule has 4 rings (SSSR count). The molecule has 3 aromatic rings. The van der Waals surface area contributed by atoms with Crippen molar-refractivity contribution in [2.75, 3.05) is 14.2 Å². The summed E-state index contributed by atoms with van der Waals surface area (Å²) in [6.45, 7) is 0. The maximum absolute atomic E-state index is 13.4. The van der Waals surface area contributed by atoms with Crippen molar-refractivity contribution >= 4 is 11.9 Å². The van der Waals surface area contributed by atoms with E-state index in [1.165, 1.54) is 7.11 Å². The van der Waals surface area contributed by atoms with E-state index in [1.54, 1.807) is 7.11 Å². The van der Waals surface area contributed by atoms with Crippen LogP contribution in [0.15, 0.2) is 72.8 Å². The molecule has 1 aliphatic rings. The Bertz CT molecular complexity index is 1050. The van der Waals surface area contributed by atoms with Gasteiger partial charge in [0.2, 0.25) is 5.91 Å². The van der Waals surface area contributed by atoms with Gasteiger partial charge < -0.3 is 14.8 Å². The third kappa shape index (κ3) is 3.54. The smallest absolute Gasteiger partial charge is 0.328 e. The number of amides is 1. The Morgan fingerprint density at radius 3 is 2.03 bits per heavy atom. The van der Waals surface area contributed by atoms with Crippen molar-refractivity contribution in [2.45, 2.75) is 18.4 Å². The van der Waals surface area contributed by atoms with Crippen LogP contribution in [0.1, 0.15) is 22.6 Å². The Kier molecular flexibility index (Phi) is 5.53. The van der Waals surface area contributed by atoms with E-state index in [-0.39, 0.29) is 12.3 Å². The molecule has 0 saturated carbocycles. The van der Waals surface area contributed by atoms with E-state index in [0.717, 1.165) is 27.8 Å². The molecule has 152 valence electrons. The highest BCUT2D eigenvalue weighted by Crippen LogP contribution is 2.44. The number of fused-ring (bicyclic) bond motifs is 3. The van der Waals surface area contributed by atoms with Crippen LogP contribution in [0.25, 0.3) is 11.1 Å². The molecule has 0 unspecified atom stereocenters. The molecule has 0 aliphatic heterocycles. The molecular weight excluding hydrogens is 378 g/mol. The number of hydrogen-bond acceptors (Lipinski definition) is 4. The van der Waals surface area contributed by atoms with Crippen LogP contribution < -0.4 is 10.1 Å². The molecule has 0 saturated heterocycles. The molecule has 1 aliphatic carbocycles. The highest BCUT2D eigenvalue weighted by atomic mass is 16.5. The summed E-state index contributed by atoms with van der Waals surface area (Å²) >= 11 is 0. The fraction of sp³-hybridized carbons (Fsp3) is 0.200. The Labute approximate surface area is 175 Å². The van der Waals surface area contributed by atoms with Gasteiger partial charge in [0.05, 0.1) is 20.1 Å². The van der Waals surface area contributed by atoms with Gasteiger partial charge in [-0.05, 0) is 33.9 Å². The fourth-order valence-electron chi connectivity index (χ4n) is 4.12. The minimum Gasteiger partial charge on any atom is -0.496 e. The average Bonchev–Trinajstić information content (AvgIpc) is 3.13. The van der Waals surface area contributed by atoms with Gasteiger partial charge in [-0.15, -0.1) is 0 Å². The van der Waals surface area contributed by atoms with Crippen molar-refractivity contribution in [1.29, 1.82) is 0 Å². The van der Waals surface area contributed by atoms with Crippen molar-refractivity contribution in [3.8, 4) is 16.9 Å². The van der Waals surface area contributed by atoms with Gasteiger partial charge in [-0.2, -0.15) is 0 Å². The van der Waals surface area contributed by atoms with Gasteiger partial charge >= 0.3 is 5.97 Å². The Morgan fingerprint density at radius 1 is 0.867 bits per heavy atom. The molecule has 0 heterocycles. The number of carbonyl (C=O) groups is 2. The molecule has 1 N–H and O–H groups in total. The van der Waals surface area contributed by atoms with Crippen molar-refractivity contribution in [3.05, 3.63) is 89.5 Å². The van der Waals surface area contributed by atoms with Gasteiger partial charge in [0.1, 0.15) is 11.8 Å². The molecule has 0 spiro atoms. The summed E-state index contributed by atoms with van der Waals surface area (Å²) < 4.78 is 10.4. The lowest BCUT2D eigenvalue weighted by atomic mass is 9.95. The lowest BCUT2D eigenvalue weighted by molar-refractivity contribution is -0.145. The van der Waals surface area contributed by atoms with E-state index < -0.39 is 17.9 Å². The van der Waals surface area contributed by atoms with E-state index in [1.807, 2.05) is 72.8 Å². The van der Waals surface area contributed by atoms with Crippen LogP contribution in [-0.4, -0.2) is 32.1 Å². The number of carbonyl (C=O) groups excluding carboxylic acids is 2. The van der Waals surface area contributed by atoms with Crippen molar-refractivity contribution in [3.63, 3.8) is 0 Å². The van der Waals surface area contributed by atoms with E-state index >= 15 is 0 Å². The van der Waals surface area contributed by atoms with Crippen molar-refractivity contribution < 1.29 is 19.1 Å². The van der Waals surface area contributed by atoms with Crippen molar-refractivity contribution in [1.82, 2.24) is 5.32 Å². The highest BCUT2D eigenvalue weighted by Gasteiger charge is 2.35. The summed E-state index contributed by atoms with van der Waals surface area (Å²) in [6.07, 6.45) is 0.276. The van der Waals surface area contributed by atoms with Crippen LogP contribution in [0, 0.1) is 0 Å². The molecule has 1 atom stereocenters. The molecule has 3 aromatic carbocycles. The molecule has 5 nitrogen and oxygen atoms in total. The molecule has 0 bridgehead atoms. The van der Waals surface area contributed by atoms with Crippen molar-refractivity contribution in [2.24, 2.45) is 0 Å². The predicted molar refractivity (Wildman–Crippen MR) is 114 cm³/mol. The van der Waals surface area contributed by atoms with E-state index in [0.29, 0.717) is 5.75 Å².